The summed E-state index contributed by atoms with van der Waals surface area (Å²) in [6.07, 6.45) is 0.274. The monoisotopic (exact) mass is 364 g/mol. The zero-order chi connectivity index (χ0) is 19.8. The lowest BCUT2D eigenvalue weighted by Crippen LogP contribution is -2.37. The van der Waals surface area contributed by atoms with Crippen LogP contribution in [0, 0.1) is 18.8 Å². The van der Waals surface area contributed by atoms with Crippen molar-refractivity contribution in [2.24, 2.45) is 5.73 Å². The number of hydrogen-bond donors (Lipinski definition) is 3. The molecule has 27 heavy (non-hydrogen) atoms. The van der Waals surface area contributed by atoms with Crippen LogP contribution >= 0.6 is 0 Å². The third-order valence-electron chi connectivity index (χ3n) is 4.58. The maximum atomic E-state index is 12.0. The number of nitrogens with zero attached hydrogens (tertiary/aromatic N) is 2. The Kier molecular flexibility index (Phi) is 4.60. The number of aliphatic hydroxyl groups is 1. The molecule has 0 spiro atoms. The van der Waals surface area contributed by atoms with Gasteiger partial charge in [-0.15, -0.1) is 0 Å². The van der Waals surface area contributed by atoms with E-state index in [0.29, 0.717) is 28.9 Å². The van der Waals surface area contributed by atoms with E-state index in [2.05, 4.69) is 16.8 Å². The minimum Gasteiger partial charge on any atom is -0.397 e. The normalized spacial score (nSPS) is 18.9. The number of benzene rings is 1. The molecule has 1 aromatic heterocycles. The number of aromatic nitrogens is 1. The van der Waals surface area contributed by atoms with Crippen LogP contribution in [0.2, 0.25) is 0 Å². The van der Waals surface area contributed by atoms with Crippen LogP contribution in [0.3, 0.4) is 0 Å². The molecule has 1 saturated heterocycles. The van der Waals surface area contributed by atoms with E-state index in [0.717, 1.165) is 0 Å². The fraction of sp³-hybridized carbons (Fsp3) is 0.250. The van der Waals surface area contributed by atoms with E-state index >= 15 is 0 Å². The highest BCUT2D eigenvalue weighted by Crippen LogP contribution is 2.25. The molecule has 0 saturated carbocycles. The summed E-state index contributed by atoms with van der Waals surface area (Å²) < 4.78 is 0. The summed E-state index contributed by atoms with van der Waals surface area (Å²) in [5.41, 5.74) is 12.4. The Morgan fingerprint density at radius 1 is 1.37 bits per heavy atom. The number of carbonyl (C=O) groups is 2. The Hall–Kier alpha value is -3.37. The molecule has 3 rings (SSSR count). The number of nitrogen functional groups attached to an aromatic ring is 1. The Morgan fingerprint density at radius 3 is 2.74 bits per heavy atom. The lowest BCUT2D eigenvalue weighted by atomic mass is 10.0. The van der Waals surface area contributed by atoms with E-state index in [9.17, 15) is 14.7 Å². The Balaban J connectivity index is 1.98. The number of amides is 2. The summed E-state index contributed by atoms with van der Waals surface area (Å²) in [5.74, 6) is 4.45. The predicted octanol–water partition coefficient (Wildman–Crippen LogP) is 0.683. The largest absolute Gasteiger partial charge is 0.397 e. The molecular weight excluding hydrogens is 344 g/mol. The summed E-state index contributed by atoms with van der Waals surface area (Å²) in [6, 6.07) is 8.89. The Morgan fingerprint density at radius 2 is 2.11 bits per heavy atom. The fourth-order valence-corrected chi connectivity index (χ4v) is 2.92. The molecule has 1 unspecified atom stereocenters. The van der Waals surface area contributed by atoms with Crippen LogP contribution in [0.4, 0.5) is 5.69 Å². The minimum absolute atomic E-state index is 0.0235. The maximum Gasteiger partial charge on any atom is 0.269 e. The molecule has 2 heterocycles. The van der Waals surface area contributed by atoms with Crippen LogP contribution in [0.25, 0.3) is 11.3 Å². The summed E-state index contributed by atoms with van der Waals surface area (Å²) in [6.45, 7) is 2.24. The molecule has 2 amide bonds. The van der Waals surface area contributed by atoms with Crippen LogP contribution in [0.5, 0.6) is 0 Å². The third-order valence-corrected chi connectivity index (χ3v) is 4.58. The van der Waals surface area contributed by atoms with Crippen LogP contribution < -0.4 is 11.5 Å². The highest BCUT2D eigenvalue weighted by Gasteiger charge is 2.42. The predicted molar refractivity (Wildman–Crippen MR) is 101 cm³/mol. The van der Waals surface area contributed by atoms with Crippen LogP contribution in [0.15, 0.2) is 30.3 Å². The number of carbonyl (C=O) groups excluding carboxylic acids is 2. The van der Waals surface area contributed by atoms with Crippen LogP contribution in [0.1, 0.15) is 28.0 Å². The van der Waals surface area contributed by atoms with Crippen molar-refractivity contribution in [3.8, 4) is 23.1 Å². The van der Waals surface area contributed by atoms with E-state index in [1.165, 1.54) is 4.90 Å². The number of primary amides is 1. The van der Waals surface area contributed by atoms with Crippen molar-refractivity contribution in [2.45, 2.75) is 18.9 Å². The number of anilines is 1. The highest BCUT2D eigenvalue weighted by atomic mass is 16.3. The van der Waals surface area contributed by atoms with Crippen molar-refractivity contribution >= 4 is 17.5 Å². The SMILES string of the molecule is Cc1cc(-c2cccc(C#CC3(O)CCN(C)C3=O)c2)nc(C(N)=O)c1N. The lowest BCUT2D eigenvalue weighted by Gasteiger charge is -2.13. The molecule has 7 heteroatoms. The first kappa shape index (κ1) is 18.4. The van der Waals surface area contributed by atoms with Gasteiger partial charge in [0, 0.05) is 31.1 Å². The fourth-order valence-electron chi connectivity index (χ4n) is 2.92. The third kappa shape index (κ3) is 3.48. The molecule has 7 nitrogen and oxygen atoms in total. The smallest absolute Gasteiger partial charge is 0.269 e. The lowest BCUT2D eigenvalue weighted by molar-refractivity contribution is -0.137. The quantitative estimate of drug-likeness (QED) is 0.677. The number of likely N-dealkylation sites (N-methyl/N-ethyl adjacent to an activating group) is 1. The molecule has 138 valence electrons. The van der Waals surface area contributed by atoms with Gasteiger partial charge in [-0.2, -0.15) is 0 Å². The van der Waals surface area contributed by atoms with Crippen molar-refractivity contribution in [3.63, 3.8) is 0 Å². The van der Waals surface area contributed by atoms with Gasteiger partial charge in [0.1, 0.15) is 0 Å². The van der Waals surface area contributed by atoms with Crippen molar-refractivity contribution in [1.29, 1.82) is 0 Å². The van der Waals surface area contributed by atoms with Crippen molar-refractivity contribution in [1.82, 2.24) is 9.88 Å². The van der Waals surface area contributed by atoms with E-state index in [1.807, 2.05) is 6.07 Å². The van der Waals surface area contributed by atoms with Crippen molar-refractivity contribution < 1.29 is 14.7 Å². The number of pyridine rings is 1. The molecule has 0 radical (unpaired) electrons. The topological polar surface area (TPSA) is 123 Å². The van der Waals surface area contributed by atoms with Gasteiger partial charge in [-0.3, -0.25) is 9.59 Å². The molecule has 1 atom stereocenters. The molecule has 1 aliphatic heterocycles. The van der Waals surface area contributed by atoms with Gasteiger partial charge in [-0.1, -0.05) is 24.0 Å². The molecule has 1 fully saturated rings. The van der Waals surface area contributed by atoms with E-state index in [1.54, 1.807) is 38.2 Å². The maximum absolute atomic E-state index is 12.0. The molecule has 1 aromatic carbocycles. The first-order valence-corrected chi connectivity index (χ1v) is 8.40. The zero-order valence-electron chi connectivity index (χ0n) is 15.1. The van der Waals surface area contributed by atoms with Crippen molar-refractivity contribution in [3.05, 3.63) is 47.2 Å². The van der Waals surface area contributed by atoms with E-state index < -0.39 is 17.4 Å². The molecule has 0 aliphatic carbocycles. The summed E-state index contributed by atoms with van der Waals surface area (Å²) in [7, 11) is 1.63. The molecular formula is C20H20N4O3. The first-order chi connectivity index (χ1) is 12.7. The molecule has 1 aliphatic rings. The summed E-state index contributed by atoms with van der Waals surface area (Å²) in [5, 5.41) is 10.4. The second-order valence-corrected chi connectivity index (χ2v) is 6.62. The Labute approximate surface area is 157 Å². The Bertz CT molecular complexity index is 1010. The highest BCUT2D eigenvalue weighted by molar-refractivity contribution is 5.97. The van der Waals surface area contributed by atoms with Gasteiger partial charge in [0.05, 0.1) is 11.4 Å². The number of hydrogen-bond acceptors (Lipinski definition) is 5. The molecule has 0 bridgehead atoms. The van der Waals surface area contributed by atoms with E-state index in [-0.39, 0.29) is 17.8 Å². The molecule has 2 aromatic rings. The van der Waals surface area contributed by atoms with Crippen LogP contribution in [-0.2, 0) is 4.79 Å². The first-order valence-electron chi connectivity index (χ1n) is 8.40. The minimum atomic E-state index is -1.65. The second-order valence-electron chi connectivity index (χ2n) is 6.62. The van der Waals surface area contributed by atoms with Gasteiger partial charge in [0.15, 0.2) is 5.69 Å². The number of nitrogens with two attached hydrogens (primary N) is 2. The number of aryl methyl sites for hydroxylation is 1. The number of rotatable bonds is 2. The van der Waals surface area contributed by atoms with Crippen molar-refractivity contribution in [2.75, 3.05) is 19.3 Å². The van der Waals surface area contributed by atoms with Gasteiger partial charge in [0.2, 0.25) is 5.60 Å². The zero-order valence-corrected chi connectivity index (χ0v) is 15.1. The van der Waals surface area contributed by atoms with Gasteiger partial charge in [0.25, 0.3) is 11.8 Å². The average Bonchev–Trinajstić information content (AvgIpc) is 2.90. The summed E-state index contributed by atoms with van der Waals surface area (Å²) >= 11 is 0. The summed E-state index contributed by atoms with van der Waals surface area (Å²) in [4.78, 5) is 29.3. The average molecular weight is 364 g/mol. The number of likely N-dealkylation sites (tertiary alicyclic amines) is 1. The van der Waals surface area contributed by atoms with Gasteiger partial charge < -0.3 is 21.5 Å². The van der Waals surface area contributed by atoms with Crippen LogP contribution in [-0.4, -0.2) is 46.0 Å². The van der Waals surface area contributed by atoms with Gasteiger partial charge >= 0.3 is 0 Å². The van der Waals surface area contributed by atoms with E-state index in [4.69, 9.17) is 11.5 Å². The standard InChI is InChI=1S/C20H20N4O3/c1-12-10-15(23-17(16(12)21)18(22)25)14-5-3-4-13(11-14)6-7-20(27)8-9-24(2)19(20)26/h3-5,10-11,27H,8-9,21H2,1-2H3,(H2,22,25). The van der Waals surface area contributed by atoms with Gasteiger partial charge in [-0.05, 0) is 30.7 Å². The van der Waals surface area contributed by atoms with Gasteiger partial charge in [-0.25, -0.2) is 4.98 Å². The second kappa shape index (κ2) is 6.74. The molecule has 5 N–H and O–H groups in total.